The van der Waals surface area contributed by atoms with Crippen molar-refractivity contribution in [1.29, 1.82) is 0 Å². The normalized spacial score (nSPS) is 10.1. The zero-order valence-corrected chi connectivity index (χ0v) is 15.0. The molecule has 0 aliphatic rings. The quantitative estimate of drug-likeness (QED) is 0.855. The number of rotatable bonds is 6. The molecule has 2 rings (SSSR count). The van der Waals surface area contributed by atoms with Gasteiger partial charge in [-0.15, -0.1) is 0 Å². The van der Waals surface area contributed by atoms with Crippen LogP contribution in [-0.4, -0.2) is 32.6 Å². The summed E-state index contributed by atoms with van der Waals surface area (Å²) in [4.78, 5) is 25.7. The topological polar surface area (TPSA) is 67.9 Å². The van der Waals surface area contributed by atoms with Crippen LogP contribution in [0.4, 0.5) is 11.4 Å². The third-order valence-electron chi connectivity index (χ3n) is 3.51. The summed E-state index contributed by atoms with van der Waals surface area (Å²) in [5.74, 6) is 0.368. The van der Waals surface area contributed by atoms with E-state index in [1.165, 1.54) is 26.0 Å². The van der Waals surface area contributed by atoms with Gasteiger partial charge in [0.2, 0.25) is 11.8 Å². The van der Waals surface area contributed by atoms with Gasteiger partial charge >= 0.3 is 0 Å². The first-order valence-corrected chi connectivity index (χ1v) is 7.88. The average molecular weight is 363 g/mol. The Hall–Kier alpha value is -2.73. The van der Waals surface area contributed by atoms with E-state index >= 15 is 0 Å². The summed E-state index contributed by atoms with van der Waals surface area (Å²) in [7, 11) is 3.03. The predicted molar refractivity (Wildman–Crippen MR) is 97.7 cm³/mol. The van der Waals surface area contributed by atoms with Gasteiger partial charge in [-0.3, -0.25) is 9.59 Å². The molecule has 0 atom stereocenters. The van der Waals surface area contributed by atoms with Crippen molar-refractivity contribution < 1.29 is 19.1 Å². The fourth-order valence-corrected chi connectivity index (χ4v) is 2.46. The number of hydrogen-bond donors (Lipinski definition) is 1. The molecule has 7 heteroatoms. The zero-order chi connectivity index (χ0) is 18.4. The number of nitrogens with one attached hydrogen (secondary N) is 1. The van der Waals surface area contributed by atoms with Gasteiger partial charge in [0.25, 0.3) is 0 Å². The van der Waals surface area contributed by atoms with Crippen LogP contribution in [0.3, 0.4) is 0 Å². The van der Waals surface area contributed by atoms with Gasteiger partial charge in [-0.05, 0) is 24.3 Å². The highest BCUT2D eigenvalue weighted by molar-refractivity contribution is 6.33. The van der Waals surface area contributed by atoms with Crippen molar-refractivity contribution in [2.75, 3.05) is 31.0 Å². The van der Waals surface area contributed by atoms with Gasteiger partial charge in [-0.2, -0.15) is 0 Å². The maximum atomic E-state index is 12.3. The van der Waals surface area contributed by atoms with Gasteiger partial charge in [-0.25, -0.2) is 0 Å². The lowest BCUT2D eigenvalue weighted by Crippen LogP contribution is -2.36. The molecule has 25 heavy (non-hydrogen) atoms. The Balaban J connectivity index is 2.20. The van der Waals surface area contributed by atoms with Gasteiger partial charge in [-0.1, -0.05) is 23.7 Å². The summed E-state index contributed by atoms with van der Waals surface area (Å²) in [5.41, 5.74) is 1.02. The zero-order valence-electron chi connectivity index (χ0n) is 14.2. The predicted octanol–water partition coefficient (Wildman–Crippen LogP) is 3.35. The second-order valence-corrected chi connectivity index (χ2v) is 5.58. The molecule has 0 saturated heterocycles. The molecule has 0 aliphatic carbocycles. The maximum absolute atomic E-state index is 12.3. The second kappa shape index (κ2) is 8.39. The van der Waals surface area contributed by atoms with E-state index in [2.05, 4.69) is 5.32 Å². The monoisotopic (exact) mass is 362 g/mol. The number of amides is 2. The van der Waals surface area contributed by atoms with Crippen molar-refractivity contribution in [3.63, 3.8) is 0 Å². The Kier molecular flexibility index (Phi) is 6.25. The fraction of sp³-hybridized carbons (Fsp3) is 0.222. The van der Waals surface area contributed by atoms with Gasteiger partial charge < -0.3 is 19.7 Å². The SMILES string of the molecule is COc1ccc(N(CC(=O)Nc2ccccc2Cl)C(C)=O)cc1OC. The first-order chi connectivity index (χ1) is 12.0. The van der Waals surface area contributed by atoms with Gasteiger partial charge in [0.1, 0.15) is 6.54 Å². The number of halogens is 1. The number of carbonyl (C=O) groups excluding carboxylic acids is 2. The maximum Gasteiger partial charge on any atom is 0.244 e. The molecule has 0 saturated carbocycles. The Morgan fingerprint density at radius 3 is 2.36 bits per heavy atom. The number of benzene rings is 2. The molecule has 1 N–H and O–H groups in total. The minimum atomic E-state index is -0.363. The lowest BCUT2D eigenvalue weighted by Gasteiger charge is -2.22. The number of nitrogens with zero attached hydrogens (tertiary/aromatic N) is 1. The molecule has 0 spiro atoms. The molecular formula is C18H19ClN2O4. The van der Waals surface area contributed by atoms with Crippen LogP contribution in [0.1, 0.15) is 6.92 Å². The summed E-state index contributed by atoms with van der Waals surface area (Å²) in [6, 6.07) is 11.9. The van der Waals surface area contributed by atoms with Crippen LogP contribution in [0.5, 0.6) is 11.5 Å². The molecule has 6 nitrogen and oxygen atoms in total. The highest BCUT2D eigenvalue weighted by Crippen LogP contribution is 2.31. The highest BCUT2D eigenvalue weighted by atomic mass is 35.5. The van der Waals surface area contributed by atoms with Crippen molar-refractivity contribution >= 4 is 34.8 Å². The fourth-order valence-electron chi connectivity index (χ4n) is 2.27. The summed E-state index contributed by atoms with van der Waals surface area (Å²) in [6.07, 6.45) is 0. The van der Waals surface area contributed by atoms with E-state index in [4.69, 9.17) is 21.1 Å². The third kappa shape index (κ3) is 4.64. The van der Waals surface area contributed by atoms with Crippen LogP contribution >= 0.6 is 11.6 Å². The molecule has 0 heterocycles. The molecule has 0 radical (unpaired) electrons. The summed E-state index contributed by atoms with van der Waals surface area (Å²) in [5, 5.41) is 3.12. The standard InChI is InChI=1S/C18H19ClN2O4/c1-12(22)21(13-8-9-16(24-2)17(10-13)25-3)11-18(23)20-15-7-5-4-6-14(15)19/h4-10H,11H2,1-3H3,(H,20,23). The molecule has 2 amide bonds. The van der Waals surface area contributed by atoms with E-state index in [1.54, 1.807) is 42.5 Å². The van der Waals surface area contributed by atoms with Crippen molar-refractivity contribution in [3.8, 4) is 11.5 Å². The summed E-state index contributed by atoms with van der Waals surface area (Å²) < 4.78 is 10.4. The van der Waals surface area contributed by atoms with Crippen molar-refractivity contribution in [3.05, 3.63) is 47.5 Å². The minimum absolute atomic E-state index is 0.157. The Bertz CT molecular complexity index is 779. The van der Waals surface area contributed by atoms with E-state index < -0.39 is 0 Å². The first kappa shape index (κ1) is 18.6. The number of carbonyl (C=O) groups is 2. The van der Waals surface area contributed by atoms with Crippen LogP contribution < -0.4 is 19.7 Å². The molecular weight excluding hydrogens is 344 g/mol. The molecule has 0 unspecified atom stereocenters. The average Bonchev–Trinajstić information content (AvgIpc) is 2.60. The first-order valence-electron chi connectivity index (χ1n) is 7.50. The van der Waals surface area contributed by atoms with Crippen LogP contribution in [0.15, 0.2) is 42.5 Å². The molecule has 2 aromatic carbocycles. The van der Waals surface area contributed by atoms with Crippen LogP contribution in [0.2, 0.25) is 5.02 Å². The lowest BCUT2D eigenvalue weighted by atomic mass is 10.2. The minimum Gasteiger partial charge on any atom is -0.493 e. The second-order valence-electron chi connectivity index (χ2n) is 5.17. The van der Waals surface area contributed by atoms with Gasteiger partial charge in [0.05, 0.1) is 24.9 Å². The van der Waals surface area contributed by atoms with E-state index in [9.17, 15) is 9.59 Å². The number of methoxy groups -OCH3 is 2. The van der Waals surface area contributed by atoms with E-state index in [-0.39, 0.29) is 18.4 Å². The van der Waals surface area contributed by atoms with Gasteiger partial charge in [0.15, 0.2) is 11.5 Å². The van der Waals surface area contributed by atoms with Crippen molar-refractivity contribution in [2.24, 2.45) is 0 Å². The Labute approximate surface area is 151 Å². The number of anilines is 2. The molecule has 2 aromatic rings. The Morgan fingerprint density at radius 2 is 1.76 bits per heavy atom. The molecule has 0 aromatic heterocycles. The molecule has 0 bridgehead atoms. The largest absolute Gasteiger partial charge is 0.493 e. The number of para-hydroxylation sites is 1. The highest BCUT2D eigenvalue weighted by Gasteiger charge is 2.18. The molecule has 0 aliphatic heterocycles. The van der Waals surface area contributed by atoms with E-state index in [0.717, 1.165) is 0 Å². The Morgan fingerprint density at radius 1 is 1.08 bits per heavy atom. The summed E-state index contributed by atoms with van der Waals surface area (Å²) in [6.45, 7) is 1.23. The summed E-state index contributed by atoms with van der Waals surface area (Å²) >= 11 is 6.03. The molecule has 132 valence electrons. The van der Waals surface area contributed by atoms with Crippen molar-refractivity contribution in [1.82, 2.24) is 0 Å². The van der Waals surface area contributed by atoms with Crippen LogP contribution in [0.25, 0.3) is 0 Å². The number of hydrogen-bond acceptors (Lipinski definition) is 4. The lowest BCUT2D eigenvalue weighted by molar-refractivity contribution is -0.120. The van der Waals surface area contributed by atoms with E-state index in [1.807, 2.05) is 0 Å². The van der Waals surface area contributed by atoms with Crippen LogP contribution in [0, 0.1) is 0 Å². The van der Waals surface area contributed by atoms with Crippen molar-refractivity contribution in [2.45, 2.75) is 6.92 Å². The molecule has 0 fully saturated rings. The van der Waals surface area contributed by atoms with Crippen LogP contribution in [-0.2, 0) is 9.59 Å². The smallest absolute Gasteiger partial charge is 0.244 e. The van der Waals surface area contributed by atoms with Gasteiger partial charge in [0, 0.05) is 18.7 Å². The van der Waals surface area contributed by atoms with E-state index in [0.29, 0.717) is 27.9 Å². The number of ether oxygens (including phenoxy) is 2. The third-order valence-corrected chi connectivity index (χ3v) is 3.84.